The highest BCUT2D eigenvalue weighted by molar-refractivity contribution is 6.34. The molecule has 0 aliphatic rings. The van der Waals surface area contributed by atoms with Gasteiger partial charge in [0.2, 0.25) is 0 Å². The summed E-state index contributed by atoms with van der Waals surface area (Å²) in [5, 5.41) is 0.714. The van der Waals surface area contributed by atoms with Gasteiger partial charge in [0.05, 0.1) is 10.5 Å². The van der Waals surface area contributed by atoms with Gasteiger partial charge in [0.15, 0.2) is 0 Å². The van der Waals surface area contributed by atoms with E-state index in [2.05, 4.69) is 29.5 Å². The largest absolute Gasteiger partial charge is 0.328 e. The van der Waals surface area contributed by atoms with Gasteiger partial charge in [-0.3, -0.25) is 0 Å². The summed E-state index contributed by atoms with van der Waals surface area (Å²) in [5.74, 6) is 2.29. The van der Waals surface area contributed by atoms with Crippen molar-refractivity contribution in [3.63, 3.8) is 0 Å². The molecule has 0 atom stereocenters. The van der Waals surface area contributed by atoms with Crippen LogP contribution in [-0.4, -0.2) is 15.4 Å². The van der Waals surface area contributed by atoms with Gasteiger partial charge in [-0.25, -0.2) is 4.98 Å². The van der Waals surface area contributed by atoms with E-state index >= 15 is 0 Å². The molecule has 0 aliphatic carbocycles. The molecule has 0 aliphatic heterocycles. The Hall–Kier alpha value is -0.730. The van der Waals surface area contributed by atoms with E-state index in [-0.39, 0.29) is 0 Å². The highest BCUT2D eigenvalue weighted by atomic mass is 35.5. The molecule has 0 unspecified atom stereocenters. The minimum Gasteiger partial charge on any atom is -0.328 e. The Labute approximate surface area is 118 Å². The third-order valence-electron chi connectivity index (χ3n) is 3.06. The van der Waals surface area contributed by atoms with Crippen LogP contribution in [0.4, 0.5) is 0 Å². The second-order valence-electron chi connectivity index (χ2n) is 4.91. The SMILES string of the molecule is CC(C)CCn1c(CCCl)nc2c(Cl)cccc21. The molecule has 2 rings (SSSR count). The molecule has 4 heteroatoms. The summed E-state index contributed by atoms with van der Waals surface area (Å²) >= 11 is 12.0. The lowest BCUT2D eigenvalue weighted by Gasteiger charge is -2.10. The number of fused-ring (bicyclic) bond motifs is 1. The molecule has 2 aromatic rings. The van der Waals surface area contributed by atoms with Gasteiger partial charge >= 0.3 is 0 Å². The van der Waals surface area contributed by atoms with E-state index < -0.39 is 0 Å². The van der Waals surface area contributed by atoms with Crippen LogP contribution < -0.4 is 0 Å². The van der Waals surface area contributed by atoms with Crippen molar-refractivity contribution in [1.29, 1.82) is 0 Å². The second-order valence-corrected chi connectivity index (χ2v) is 5.69. The molecule has 0 spiro atoms. The normalized spacial score (nSPS) is 11.6. The number of alkyl halides is 1. The molecular formula is C14H18Cl2N2. The van der Waals surface area contributed by atoms with Crippen LogP contribution in [-0.2, 0) is 13.0 Å². The minimum atomic E-state index is 0.586. The van der Waals surface area contributed by atoms with Crippen molar-refractivity contribution >= 4 is 34.2 Å². The van der Waals surface area contributed by atoms with E-state index in [1.165, 1.54) is 0 Å². The zero-order valence-corrected chi connectivity index (χ0v) is 12.3. The van der Waals surface area contributed by atoms with E-state index in [9.17, 15) is 0 Å². The Morgan fingerprint density at radius 2 is 2.11 bits per heavy atom. The fourth-order valence-corrected chi connectivity index (χ4v) is 2.45. The van der Waals surface area contributed by atoms with E-state index in [4.69, 9.17) is 23.2 Å². The van der Waals surface area contributed by atoms with Crippen LogP contribution in [0.2, 0.25) is 5.02 Å². The fraction of sp³-hybridized carbons (Fsp3) is 0.500. The van der Waals surface area contributed by atoms with Crippen LogP contribution in [0.15, 0.2) is 18.2 Å². The van der Waals surface area contributed by atoms with Crippen molar-refractivity contribution in [3.8, 4) is 0 Å². The summed E-state index contributed by atoms with van der Waals surface area (Å²) in [6.07, 6.45) is 1.91. The summed E-state index contributed by atoms with van der Waals surface area (Å²) in [6.45, 7) is 5.43. The number of nitrogens with zero attached hydrogens (tertiary/aromatic N) is 2. The fourth-order valence-electron chi connectivity index (χ4n) is 2.07. The molecule has 0 amide bonds. The van der Waals surface area contributed by atoms with Crippen LogP contribution in [0.5, 0.6) is 0 Å². The Balaban J connectivity index is 2.45. The summed E-state index contributed by atoms with van der Waals surface area (Å²) < 4.78 is 2.25. The van der Waals surface area contributed by atoms with Gasteiger partial charge < -0.3 is 4.57 Å². The summed E-state index contributed by atoms with van der Waals surface area (Å²) in [7, 11) is 0. The topological polar surface area (TPSA) is 17.8 Å². The zero-order chi connectivity index (χ0) is 13.1. The third-order valence-corrected chi connectivity index (χ3v) is 3.55. The molecule has 0 bridgehead atoms. The van der Waals surface area contributed by atoms with Crippen molar-refractivity contribution in [1.82, 2.24) is 9.55 Å². The number of halogens is 2. The lowest BCUT2D eigenvalue weighted by Crippen LogP contribution is -2.06. The van der Waals surface area contributed by atoms with Gasteiger partial charge in [0, 0.05) is 18.8 Å². The second kappa shape index (κ2) is 5.94. The van der Waals surface area contributed by atoms with Crippen molar-refractivity contribution in [2.75, 3.05) is 5.88 Å². The smallest absolute Gasteiger partial charge is 0.111 e. The Bertz CT molecular complexity index is 532. The van der Waals surface area contributed by atoms with Crippen molar-refractivity contribution in [2.24, 2.45) is 5.92 Å². The molecule has 0 N–H and O–H groups in total. The number of benzene rings is 1. The first kappa shape index (κ1) is 13.7. The molecule has 0 saturated carbocycles. The average molecular weight is 285 g/mol. The van der Waals surface area contributed by atoms with Gasteiger partial charge in [0.1, 0.15) is 11.3 Å². The maximum absolute atomic E-state index is 6.20. The van der Waals surface area contributed by atoms with Gasteiger partial charge in [-0.1, -0.05) is 31.5 Å². The Kier molecular flexibility index (Phi) is 4.52. The standard InChI is InChI=1S/C14H18Cl2N2/c1-10(2)7-9-18-12-5-3-4-11(16)14(12)17-13(18)6-8-15/h3-5,10H,6-9H2,1-2H3. The lowest BCUT2D eigenvalue weighted by molar-refractivity contribution is 0.513. The van der Waals surface area contributed by atoms with E-state index in [0.29, 0.717) is 16.8 Å². The van der Waals surface area contributed by atoms with Crippen LogP contribution in [0.25, 0.3) is 11.0 Å². The van der Waals surface area contributed by atoms with E-state index in [1.807, 2.05) is 12.1 Å². The van der Waals surface area contributed by atoms with Gasteiger partial charge in [-0.05, 0) is 24.5 Å². The molecule has 0 radical (unpaired) electrons. The van der Waals surface area contributed by atoms with Crippen LogP contribution in [0.1, 0.15) is 26.1 Å². The van der Waals surface area contributed by atoms with Crippen molar-refractivity contribution in [3.05, 3.63) is 29.0 Å². The quantitative estimate of drug-likeness (QED) is 0.739. The molecular weight excluding hydrogens is 267 g/mol. The maximum atomic E-state index is 6.20. The highest BCUT2D eigenvalue weighted by Gasteiger charge is 2.12. The van der Waals surface area contributed by atoms with Crippen LogP contribution >= 0.6 is 23.2 Å². The minimum absolute atomic E-state index is 0.586. The molecule has 0 fully saturated rings. The van der Waals surface area contributed by atoms with Gasteiger partial charge in [0.25, 0.3) is 0 Å². The number of imidazole rings is 1. The number of aromatic nitrogens is 2. The summed E-state index contributed by atoms with van der Waals surface area (Å²) in [4.78, 5) is 4.63. The molecule has 18 heavy (non-hydrogen) atoms. The van der Waals surface area contributed by atoms with Crippen molar-refractivity contribution < 1.29 is 0 Å². The monoisotopic (exact) mass is 284 g/mol. The molecule has 1 heterocycles. The summed E-state index contributed by atoms with van der Waals surface area (Å²) in [5.41, 5.74) is 2.01. The number of aryl methyl sites for hydroxylation is 2. The molecule has 1 aromatic heterocycles. The molecule has 2 nitrogen and oxygen atoms in total. The van der Waals surface area contributed by atoms with Gasteiger partial charge in [-0.2, -0.15) is 0 Å². The number of hydrogen-bond donors (Lipinski definition) is 0. The first-order valence-electron chi connectivity index (χ1n) is 6.33. The van der Waals surface area contributed by atoms with Crippen LogP contribution in [0.3, 0.4) is 0 Å². The predicted molar refractivity (Wildman–Crippen MR) is 78.6 cm³/mol. The lowest BCUT2D eigenvalue weighted by atomic mass is 10.1. The number of rotatable bonds is 5. The highest BCUT2D eigenvalue weighted by Crippen LogP contribution is 2.25. The first-order valence-corrected chi connectivity index (χ1v) is 7.24. The van der Waals surface area contributed by atoms with Gasteiger partial charge in [-0.15, -0.1) is 11.6 Å². The van der Waals surface area contributed by atoms with Crippen LogP contribution in [0, 0.1) is 5.92 Å². The first-order chi connectivity index (χ1) is 8.63. The number of hydrogen-bond acceptors (Lipinski definition) is 1. The van der Waals surface area contributed by atoms with E-state index in [0.717, 1.165) is 36.2 Å². The average Bonchev–Trinajstić information content (AvgIpc) is 2.66. The zero-order valence-electron chi connectivity index (χ0n) is 10.8. The van der Waals surface area contributed by atoms with Crippen molar-refractivity contribution in [2.45, 2.75) is 33.2 Å². The molecule has 0 saturated heterocycles. The maximum Gasteiger partial charge on any atom is 0.111 e. The third kappa shape index (κ3) is 2.81. The molecule has 1 aromatic carbocycles. The Morgan fingerprint density at radius 3 is 2.78 bits per heavy atom. The Morgan fingerprint density at radius 1 is 1.33 bits per heavy atom. The predicted octanol–water partition coefficient (Wildman–Crippen LogP) is 4.52. The summed E-state index contributed by atoms with van der Waals surface area (Å²) in [6, 6.07) is 5.93. The van der Waals surface area contributed by atoms with E-state index in [1.54, 1.807) is 0 Å². The number of para-hydroxylation sites is 1. The molecule has 98 valence electrons.